The molecule has 2 aromatic rings. The number of nitrogens with zero attached hydrogens (tertiary/aromatic N) is 3. The van der Waals surface area contributed by atoms with Gasteiger partial charge < -0.3 is 4.98 Å². The van der Waals surface area contributed by atoms with Crippen molar-refractivity contribution in [2.75, 3.05) is 0 Å². The lowest BCUT2D eigenvalue weighted by atomic mass is 10.1. The average Bonchev–Trinajstić information content (AvgIpc) is 3.09. The molecule has 0 unspecified atom stereocenters. The highest BCUT2D eigenvalue weighted by Crippen LogP contribution is 2.17. The summed E-state index contributed by atoms with van der Waals surface area (Å²) in [5, 5.41) is 3.04. The van der Waals surface area contributed by atoms with Crippen LogP contribution >= 0.6 is 0 Å². The van der Waals surface area contributed by atoms with Crippen molar-refractivity contribution >= 4 is 23.9 Å². The van der Waals surface area contributed by atoms with E-state index in [1.807, 2.05) is 31.2 Å². The van der Waals surface area contributed by atoms with Crippen LogP contribution in [0.1, 0.15) is 5.56 Å². The summed E-state index contributed by atoms with van der Waals surface area (Å²) in [5.41, 5.74) is 2.16. The lowest BCUT2D eigenvalue weighted by Gasteiger charge is -2.00. The average molecular weight is 262 g/mol. The number of aromatic amines is 1. The number of hydrogen-bond acceptors (Lipinski definition) is 4. The number of nitrogens with one attached hydrogen (secondary N) is 1. The number of H-pyrrole nitrogens is 1. The van der Waals surface area contributed by atoms with Crippen LogP contribution in [0.3, 0.4) is 0 Å². The Morgan fingerprint density at radius 1 is 1.20 bits per heavy atom. The van der Waals surface area contributed by atoms with Crippen molar-refractivity contribution in [3.63, 3.8) is 0 Å². The van der Waals surface area contributed by atoms with Crippen molar-refractivity contribution in [2.45, 2.75) is 6.92 Å². The molecule has 1 N–H and O–H groups in total. The maximum Gasteiger partial charge on any atom is 0.258 e. The van der Waals surface area contributed by atoms with Gasteiger partial charge in [-0.25, -0.2) is 15.0 Å². The summed E-state index contributed by atoms with van der Waals surface area (Å²) in [7, 11) is 0. The van der Waals surface area contributed by atoms with Crippen molar-refractivity contribution in [3.8, 4) is 0 Å². The smallest absolute Gasteiger partial charge is 0.258 e. The molecule has 2 aliphatic heterocycles. The molecule has 1 aromatic heterocycles. The van der Waals surface area contributed by atoms with Gasteiger partial charge in [0.05, 0.1) is 27.8 Å². The number of aromatic nitrogens is 1. The van der Waals surface area contributed by atoms with Crippen LogP contribution in [0.15, 0.2) is 44.0 Å². The van der Waals surface area contributed by atoms with E-state index in [-0.39, 0.29) is 5.56 Å². The molecular weight excluding hydrogens is 252 g/mol. The lowest BCUT2D eigenvalue weighted by molar-refractivity contribution is 1.10. The molecule has 20 heavy (non-hydrogen) atoms. The van der Waals surface area contributed by atoms with Crippen molar-refractivity contribution in [3.05, 3.63) is 61.3 Å². The second-order valence-corrected chi connectivity index (χ2v) is 4.71. The van der Waals surface area contributed by atoms with E-state index in [0.717, 1.165) is 21.8 Å². The van der Waals surface area contributed by atoms with Crippen LogP contribution in [0.5, 0.6) is 0 Å². The second-order valence-electron chi connectivity index (χ2n) is 4.71. The van der Waals surface area contributed by atoms with E-state index in [1.54, 1.807) is 6.21 Å². The molecule has 3 heterocycles. The zero-order chi connectivity index (χ0) is 13.7. The molecule has 4 rings (SSSR count). The van der Waals surface area contributed by atoms with Gasteiger partial charge >= 0.3 is 0 Å². The molecule has 0 radical (unpaired) electrons. The minimum absolute atomic E-state index is 0.141. The normalized spacial score (nSPS) is 17.1. The van der Waals surface area contributed by atoms with Crippen molar-refractivity contribution in [2.24, 2.45) is 15.0 Å². The van der Waals surface area contributed by atoms with Gasteiger partial charge in [0.15, 0.2) is 0 Å². The molecule has 5 heteroatoms. The Labute approximate surface area is 113 Å². The van der Waals surface area contributed by atoms with E-state index in [0.29, 0.717) is 16.3 Å². The number of pyridine rings is 1. The number of hydrogen-bond donors (Lipinski definition) is 1. The predicted octanol–water partition coefficient (Wildman–Crippen LogP) is 0.456. The Morgan fingerprint density at radius 3 is 2.85 bits per heavy atom. The maximum absolute atomic E-state index is 12.4. The Balaban J connectivity index is 2.30. The van der Waals surface area contributed by atoms with Gasteiger partial charge in [0, 0.05) is 10.8 Å². The quantitative estimate of drug-likeness (QED) is 0.628. The minimum Gasteiger partial charge on any atom is -0.320 e. The highest BCUT2D eigenvalue weighted by atomic mass is 16.1. The number of rotatable bonds is 0. The van der Waals surface area contributed by atoms with E-state index >= 15 is 0 Å². The molecular formula is C15H10N4O. The Bertz CT molecular complexity index is 1060. The summed E-state index contributed by atoms with van der Waals surface area (Å²) in [6, 6.07) is 7.66. The van der Waals surface area contributed by atoms with Gasteiger partial charge in [0.1, 0.15) is 12.0 Å². The zero-order valence-electron chi connectivity index (χ0n) is 10.7. The molecule has 0 aliphatic carbocycles. The molecule has 0 saturated carbocycles. The van der Waals surface area contributed by atoms with Crippen LogP contribution in [-0.2, 0) is 0 Å². The molecule has 5 nitrogen and oxygen atoms in total. The van der Waals surface area contributed by atoms with E-state index in [1.165, 1.54) is 6.34 Å². The first kappa shape index (κ1) is 11.0. The summed E-state index contributed by atoms with van der Waals surface area (Å²) in [6.07, 6.45) is 3.10. The molecule has 0 spiro atoms. The summed E-state index contributed by atoms with van der Waals surface area (Å²) in [5.74, 6) is 0. The Kier molecular flexibility index (Phi) is 2.12. The molecule has 0 atom stereocenters. The summed E-state index contributed by atoms with van der Waals surface area (Å²) in [4.78, 5) is 27.9. The van der Waals surface area contributed by atoms with Gasteiger partial charge in [-0.1, -0.05) is 18.2 Å². The fourth-order valence-corrected chi connectivity index (χ4v) is 2.59. The monoisotopic (exact) mass is 262 g/mol. The van der Waals surface area contributed by atoms with Crippen LogP contribution < -0.4 is 16.3 Å². The van der Waals surface area contributed by atoms with Crippen LogP contribution in [0.4, 0.5) is 5.69 Å². The van der Waals surface area contributed by atoms with E-state index < -0.39 is 0 Å². The molecule has 0 bridgehead atoms. The van der Waals surface area contributed by atoms with Gasteiger partial charge in [-0.3, -0.25) is 4.79 Å². The van der Waals surface area contributed by atoms with E-state index in [9.17, 15) is 4.79 Å². The van der Waals surface area contributed by atoms with Gasteiger partial charge in [-0.05, 0) is 13.0 Å². The second kappa shape index (κ2) is 3.84. The SMILES string of the molecule is Cc1c2c(c(=O)[nH]c1=C1C=NC=N1)=c1ccccc1=N2. The number of para-hydroxylation sites is 1. The fourth-order valence-electron chi connectivity index (χ4n) is 2.59. The molecule has 2 aliphatic rings. The highest BCUT2D eigenvalue weighted by Gasteiger charge is 2.13. The predicted molar refractivity (Wildman–Crippen MR) is 76.7 cm³/mol. The molecule has 0 fully saturated rings. The topological polar surface area (TPSA) is 69.9 Å². The van der Waals surface area contributed by atoms with Crippen molar-refractivity contribution < 1.29 is 0 Å². The van der Waals surface area contributed by atoms with E-state index in [4.69, 9.17) is 0 Å². The van der Waals surface area contributed by atoms with Gasteiger partial charge in [0.25, 0.3) is 5.56 Å². The molecule has 96 valence electrons. The summed E-state index contributed by atoms with van der Waals surface area (Å²) < 4.78 is 0. The van der Waals surface area contributed by atoms with Gasteiger partial charge in [-0.2, -0.15) is 0 Å². The largest absolute Gasteiger partial charge is 0.320 e. The lowest BCUT2D eigenvalue weighted by Crippen LogP contribution is -2.25. The summed E-state index contributed by atoms with van der Waals surface area (Å²) in [6.45, 7) is 1.94. The maximum atomic E-state index is 12.4. The molecule has 1 aromatic carbocycles. The van der Waals surface area contributed by atoms with Crippen LogP contribution in [-0.4, -0.2) is 17.5 Å². The van der Waals surface area contributed by atoms with Crippen molar-refractivity contribution in [1.82, 2.24) is 4.98 Å². The standard InChI is InChI=1S/C15H10N4O/c1-8-13(11-6-16-7-17-11)19-15(20)12-9-4-2-3-5-10(9)18-14(8)12/h2-7H,1H3,(H,19,20). The van der Waals surface area contributed by atoms with Gasteiger partial charge in [-0.15, -0.1) is 0 Å². The third-order valence-corrected chi connectivity index (χ3v) is 3.55. The minimum atomic E-state index is -0.141. The molecule has 0 saturated heterocycles. The Morgan fingerprint density at radius 2 is 2.05 bits per heavy atom. The Hall–Kier alpha value is -2.82. The van der Waals surface area contributed by atoms with Gasteiger partial charge in [0.2, 0.25) is 0 Å². The first-order chi connectivity index (χ1) is 9.75. The molecule has 0 amide bonds. The zero-order valence-corrected chi connectivity index (χ0v) is 10.7. The number of fused-ring (bicyclic) bond motifs is 2. The first-order valence-corrected chi connectivity index (χ1v) is 6.27. The third-order valence-electron chi connectivity index (χ3n) is 3.55. The van der Waals surface area contributed by atoms with Crippen LogP contribution in [0.25, 0.3) is 5.70 Å². The van der Waals surface area contributed by atoms with E-state index in [2.05, 4.69) is 20.0 Å². The van der Waals surface area contributed by atoms with Crippen LogP contribution in [0, 0.1) is 17.4 Å². The third kappa shape index (κ3) is 1.37. The number of aliphatic imine (C=N–C) groups is 2. The highest BCUT2D eigenvalue weighted by molar-refractivity contribution is 6.09. The fraction of sp³-hybridized carbons (Fsp3) is 0.0667. The first-order valence-electron chi connectivity index (χ1n) is 6.27. The number of benzene rings is 1. The van der Waals surface area contributed by atoms with Crippen molar-refractivity contribution in [1.29, 1.82) is 0 Å². The van der Waals surface area contributed by atoms with Crippen LogP contribution in [0.2, 0.25) is 0 Å². The summed E-state index contributed by atoms with van der Waals surface area (Å²) >= 11 is 0.